The van der Waals surface area contributed by atoms with Gasteiger partial charge in [0, 0.05) is 24.2 Å². The first-order chi connectivity index (χ1) is 16.0. The Bertz CT molecular complexity index is 1060. The summed E-state index contributed by atoms with van der Waals surface area (Å²) in [6.45, 7) is 5.29. The number of hydrogen-bond acceptors (Lipinski definition) is 7. The fourth-order valence-electron chi connectivity index (χ4n) is 3.61. The van der Waals surface area contributed by atoms with Gasteiger partial charge in [-0.05, 0) is 51.7 Å². The first-order valence-corrected chi connectivity index (χ1v) is 12.3. The summed E-state index contributed by atoms with van der Waals surface area (Å²) in [5, 5.41) is 0.674. The van der Waals surface area contributed by atoms with Crippen molar-refractivity contribution in [3.63, 3.8) is 0 Å². The van der Waals surface area contributed by atoms with E-state index in [1.165, 1.54) is 11.3 Å². The van der Waals surface area contributed by atoms with Crippen molar-refractivity contribution in [3.05, 3.63) is 42.0 Å². The number of ether oxygens (including phenoxy) is 3. The summed E-state index contributed by atoms with van der Waals surface area (Å²) in [6.07, 6.45) is 2.89. The van der Waals surface area contributed by atoms with E-state index in [1.54, 1.807) is 4.90 Å². The highest BCUT2D eigenvalue weighted by molar-refractivity contribution is 7.22. The minimum absolute atomic E-state index is 0. The Morgan fingerprint density at radius 3 is 2.59 bits per heavy atom. The second kappa shape index (κ2) is 12.2. The van der Waals surface area contributed by atoms with Crippen LogP contribution in [-0.2, 0) is 0 Å². The molecule has 0 spiro atoms. The molecule has 0 saturated heterocycles. The minimum Gasteiger partial charge on any atom is -0.494 e. The van der Waals surface area contributed by atoms with Gasteiger partial charge in [-0.15, -0.1) is 12.4 Å². The molecule has 34 heavy (non-hydrogen) atoms. The molecule has 0 unspecified atom stereocenters. The predicted molar refractivity (Wildman–Crippen MR) is 140 cm³/mol. The van der Waals surface area contributed by atoms with E-state index in [4.69, 9.17) is 19.2 Å². The van der Waals surface area contributed by atoms with Crippen molar-refractivity contribution < 1.29 is 19.0 Å². The van der Waals surface area contributed by atoms with Crippen molar-refractivity contribution in [2.45, 2.75) is 26.2 Å². The summed E-state index contributed by atoms with van der Waals surface area (Å²) in [5.74, 6) is 2.07. The van der Waals surface area contributed by atoms with Crippen LogP contribution >= 0.6 is 23.7 Å². The van der Waals surface area contributed by atoms with Gasteiger partial charge >= 0.3 is 0 Å². The molecule has 184 valence electrons. The standard InChI is InChI=1S/C25H31N3O4S.ClH/c1-4-5-12-30-19-9-6-8-18(15-19)24(29)28(11-7-10-27(2)3)25-26-20-16-21-22(17-23(20)33-25)32-14-13-31-21;/h6,8-9,15-17H,4-5,7,10-14H2,1-3H3;1H. The van der Waals surface area contributed by atoms with E-state index < -0.39 is 0 Å². The second-order valence-corrected chi connectivity index (χ2v) is 9.31. The molecule has 0 aliphatic carbocycles. The molecule has 0 N–H and O–H groups in total. The van der Waals surface area contributed by atoms with Crippen molar-refractivity contribution in [3.8, 4) is 17.2 Å². The van der Waals surface area contributed by atoms with E-state index in [-0.39, 0.29) is 18.3 Å². The Kier molecular flexibility index (Phi) is 9.38. The van der Waals surface area contributed by atoms with Crippen LogP contribution in [0.3, 0.4) is 0 Å². The number of aromatic nitrogens is 1. The molecular weight excluding hydrogens is 474 g/mol. The molecule has 2 heterocycles. The SMILES string of the molecule is CCCCOc1cccc(C(=O)N(CCCN(C)C)c2nc3cc4c(cc3s2)OCCO4)c1.Cl. The average molecular weight is 506 g/mol. The first-order valence-electron chi connectivity index (χ1n) is 11.4. The Balaban J connectivity index is 0.00000324. The maximum absolute atomic E-state index is 13.6. The van der Waals surface area contributed by atoms with Crippen molar-refractivity contribution in [1.29, 1.82) is 0 Å². The van der Waals surface area contributed by atoms with Crippen LogP contribution < -0.4 is 19.1 Å². The minimum atomic E-state index is -0.0778. The van der Waals surface area contributed by atoms with E-state index in [1.807, 2.05) is 50.5 Å². The molecule has 7 nitrogen and oxygen atoms in total. The number of fused-ring (bicyclic) bond motifs is 2. The number of thiazole rings is 1. The lowest BCUT2D eigenvalue weighted by molar-refractivity contribution is 0.0985. The highest BCUT2D eigenvalue weighted by atomic mass is 35.5. The number of benzene rings is 2. The second-order valence-electron chi connectivity index (χ2n) is 8.30. The monoisotopic (exact) mass is 505 g/mol. The maximum Gasteiger partial charge on any atom is 0.260 e. The molecule has 1 aliphatic rings. The van der Waals surface area contributed by atoms with E-state index in [2.05, 4.69) is 11.8 Å². The lowest BCUT2D eigenvalue weighted by Gasteiger charge is -2.21. The number of unbranched alkanes of at least 4 members (excludes halogenated alkanes) is 1. The van der Waals surface area contributed by atoms with Gasteiger partial charge in [0.2, 0.25) is 0 Å². The quantitative estimate of drug-likeness (QED) is 0.350. The molecule has 3 aromatic rings. The van der Waals surface area contributed by atoms with Crippen molar-refractivity contribution in [2.24, 2.45) is 0 Å². The van der Waals surface area contributed by atoms with Crippen LogP contribution in [0.25, 0.3) is 10.2 Å². The summed E-state index contributed by atoms with van der Waals surface area (Å²) in [6, 6.07) is 11.3. The smallest absolute Gasteiger partial charge is 0.260 e. The third kappa shape index (κ3) is 6.31. The average Bonchev–Trinajstić information content (AvgIpc) is 3.22. The Morgan fingerprint density at radius 1 is 1.09 bits per heavy atom. The highest BCUT2D eigenvalue weighted by Gasteiger charge is 2.23. The number of rotatable bonds is 10. The zero-order valence-electron chi connectivity index (χ0n) is 19.9. The molecular formula is C25H32ClN3O4S. The fraction of sp³-hybridized carbons (Fsp3) is 0.440. The molecule has 4 rings (SSSR count). The molecule has 0 bridgehead atoms. The van der Waals surface area contributed by atoms with Gasteiger partial charge in [-0.1, -0.05) is 30.7 Å². The van der Waals surface area contributed by atoms with Crippen molar-refractivity contribution in [2.75, 3.05) is 51.9 Å². The summed E-state index contributed by atoms with van der Waals surface area (Å²) < 4.78 is 18.2. The number of carbonyl (C=O) groups is 1. The zero-order valence-corrected chi connectivity index (χ0v) is 21.5. The number of anilines is 1. The van der Waals surface area contributed by atoms with Gasteiger partial charge in [-0.3, -0.25) is 9.69 Å². The summed E-state index contributed by atoms with van der Waals surface area (Å²) in [7, 11) is 4.07. The van der Waals surface area contributed by atoms with Crippen LogP contribution in [0.5, 0.6) is 17.2 Å². The van der Waals surface area contributed by atoms with Gasteiger partial charge in [0.15, 0.2) is 16.6 Å². The van der Waals surface area contributed by atoms with Gasteiger partial charge in [-0.2, -0.15) is 0 Å². The fourth-order valence-corrected chi connectivity index (χ4v) is 4.61. The molecule has 0 saturated carbocycles. The van der Waals surface area contributed by atoms with Crippen molar-refractivity contribution >= 4 is 45.0 Å². The number of hydrogen-bond donors (Lipinski definition) is 0. The third-order valence-corrected chi connectivity index (χ3v) is 6.39. The molecule has 9 heteroatoms. The molecule has 0 radical (unpaired) electrons. The summed E-state index contributed by atoms with van der Waals surface area (Å²) in [4.78, 5) is 22.3. The molecule has 1 amide bonds. The third-order valence-electron chi connectivity index (χ3n) is 5.35. The summed E-state index contributed by atoms with van der Waals surface area (Å²) in [5.41, 5.74) is 1.40. The Labute approximate surface area is 211 Å². The van der Waals surface area contributed by atoms with Crippen LogP contribution in [-0.4, -0.2) is 62.8 Å². The maximum atomic E-state index is 13.6. The van der Waals surface area contributed by atoms with Crippen LogP contribution in [0.1, 0.15) is 36.5 Å². The van der Waals surface area contributed by atoms with Gasteiger partial charge in [0.05, 0.1) is 16.8 Å². The lowest BCUT2D eigenvalue weighted by Crippen LogP contribution is -2.33. The molecule has 1 aliphatic heterocycles. The zero-order chi connectivity index (χ0) is 23.2. The number of amides is 1. The number of halogens is 1. The van der Waals surface area contributed by atoms with Gasteiger partial charge in [-0.25, -0.2) is 4.98 Å². The lowest BCUT2D eigenvalue weighted by atomic mass is 10.2. The topological polar surface area (TPSA) is 64.1 Å². The summed E-state index contributed by atoms with van der Waals surface area (Å²) >= 11 is 1.49. The highest BCUT2D eigenvalue weighted by Crippen LogP contribution is 2.39. The normalized spacial score (nSPS) is 12.5. The molecule has 1 aromatic heterocycles. The van der Waals surface area contributed by atoms with Crippen LogP contribution in [0.2, 0.25) is 0 Å². The van der Waals surface area contributed by atoms with E-state index in [0.717, 1.165) is 41.8 Å². The van der Waals surface area contributed by atoms with E-state index in [0.29, 0.717) is 48.6 Å². The van der Waals surface area contributed by atoms with E-state index in [9.17, 15) is 4.79 Å². The largest absolute Gasteiger partial charge is 0.494 e. The Hall–Kier alpha value is -2.55. The van der Waals surface area contributed by atoms with Gasteiger partial charge in [0.1, 0.15) is 19.0 Å². The van der Waals surface area contributed by atoms with Crippen LogP contribution in [0.4, 0.5) is 5.13 Å². The van der Waals surface area contributed by atoms with Crippen LogP contribution in [0, 0.1) is 0 Å². The van der Waals surface area contributed by atoms with Crippen molar-refractivity contribution in [1.82, 2.24) is 9.88 Å². The van der Waals surface area contributed by atoms with Gasteiger partial charge < -0.3 is 19.1 Å². The van der Waals surface area contributed by atoms with E-state index >= 15 is 0 Å². The molecule has 0 fully saturated rings. The predicted octanol–water partition coefficient (Wildman–Crippen LogP) is 5.27. The Morgan fingerprint density at radius 2 is 1.85 bits per heavy atom. The number of nitrogens with zero attached hydrogens (tertiary/aromatic N) is 3. The molecule has 0 atom stereocenters. The van der Waals surface area contributed by atoms with Crippen LogP contribution in [0.15, 0.2) is 36.4 Å². The first kappa shape index (κ1) is 26.1. The number of carbonyl (C=O) groups excluding carboxylic acids is 1. The molecule has 2 aromatic carbocycles. The van der Waals surface area contributed by atoms with Gasteiger partial charge in [0.25, 0.3) is 5.91 Å².